The second-order valence-corrected chi connectivity index (χ2v) is 3.19. The average molecular weight is 192 g/mol. The second kappa shape index (κ2) is 3.64. The zero-order chi connectivity index (χ0) is 9.97. The van der Waals surface area contributed by atoms with E-state index in [1.807, 2.05) is 0 Å². The van der Waals surface area contributed by atoms with Gasteiger partial charge < -0.3 is 10.1 Å². The van der Waals surface area contributed by atoms with E-state index in [2.05, 4.69) is 5.32 Å². The molecule has 0 amide bonds. The van der Waals surface area contributed by atoms with E-state index in [1.54, 1.807) is 12.1 Å². The summed E-state index contributed by atoms with van der Waals surface area (Å²) in [5, 5.41) is 11.7. The first-order valence-electron chi connectivity index (χ1n) is 4.33. The Labute approximate surface area is 81.1 Å². The summed E-state index contributed by atoms with van der Waals surface area (Å²) in [5.41, 5.74) is 0.825. The SMILES string of the molecule is N#Cc1cc(NC2COC2)ccc1F. The molecule has 3 nitrogen and oxygen atoms in total. The maximum absolute atomic E-state index is 12.9. The molecule has 4 heteroatoms. The Hall–Kier alpha value is -1.60. The summed E-state index contributed by atoms with van der Waals surface area (Å²) in [7, 11) is 0. The monoisotopic (exact) mass is 192 g/mol. The van der Waals surface area contributed by atoms with Gasteiger partial charge in [-0.3, -0.25) is 0 Å². The van der Waals surface area contributed by atoms with Gasteiger partial charge in [-0.2, -0.15) is 5.26 Å². The molecule has 0 aromatic heterocycles. The van der Waals surface area contributed by atoms with Crippen LogP contribution in [0.1, 0.15) is 5.56 Å². The number of anilines is 1. The third kappa shape index (κ3) is 1.68. The van der Waals surface area contributed by atoms with Crippen molar-refractivity contribution in [1.29, 1.82) is 5.26 Å². The summed E-state index contributed by atoms with van der Waals surface area (Å²) in [6, 6.07) is 6.50. The zero-order valence-corrected chi connectivity index (χ0v) is 7.46. The van der Waals surface area contributed by atoms with Crippen LogP contribution >= 0.6 is 0 Å². The molecule has 1 aromatic rings. The maximum Gasteiger partial charge on any atom is 0.141 e. The molecule has 0 spiro atoms. The maximum atomic E-state index is 12.9. The number of nitrogens with zero attached hydrogens (tertiary/aromatic N) is 1. The number of nitriles is 1. The van der Waals surface area contributed by atoms with Crippen molar-refractivity contribution in [3.8, 4) is 6.07 Å². The topological polar surface area (TPSA) is 45.0 Å². The van der Waals surface area contributed by atoms with Crippen molar-refractivity contribution < 1.29 is 9.13 Å². The molecule has 0 unspecified atom stereocenters. The van der Waals surface area contributed by atoms with E-state index in [4.69, 9.17) is 10.00 Å². The molecule has 0 bridgehead atoms. The highest BCUT2D eigenvalue weighted by Crippen LogP contribution is 2.16. The fourth-order valence-electron chi connectivity index (χ4n) is 1.26. The van der Waals surface area contributed by atoms with Crippen LogP contribution in [-0.4, -0.2) is 19.3 Å². The van der Waals surface area contributed by atoms with Gasteiger partial charge in [0.2, 0.25) is 0 Å². The minimum atomic E-state index is -0.483. The van der Waals surface area contributed by atoms with Gasteiger partial charge in [0, 0.05) is 5.69 Å². The van der Waals surface area contributed by atoms with Crippen LogP contribution in [0.3, 0.4) is 0 Å². The Bertz CT molecular complexity index is 382. The molecule has 1 heterocycles. The highest BCUT2D eigenvalue weighted by atomic mass is 19.1. The minimum absolute atomic E-state index is 0.0650. The van der Waals surface area contributed by atoms with Gasteiger partial charge in [0.15, 0.2) is 0 Å². The highest BCUT2D eigenvalue weighted by molar-refractivity contribution is 5.50. The van der Waals surface area contributed by atoms with Crippen molar-refractivity contribution in [3.63, 3.8) is 0 Å². The van der Waals surface area contributed by atoms with Gasteiger partial charge in [0.1, 0.15) is 11.9 Å². The molecule has 1 aromatic carbocycles. The molecule has 0 radical (unpaired) electrons. The van der Waals surface area contributed by atoms with Crippen molar-refractivity contribution in [1.82, 2.24) is 0 Å². The average Bonchev–Trinajstić information content (AvgIpc) is 2.14. The van der Waals surface area contributed by atoms with Gasteiger partial charge in [-0.05, 0) is 18.2 Å². The van der Waals surface area contributed by atoms with E-state index >= 15 is 0 Å². The Morgan fingerprint density at radius 2 is 2.29 bits per heavy atom. The first-order chi connectivity index (χ1) is 6.79. The van der Waals surface area contributed by atoms with Gasteiger partial charge in [-0.15, -0.1) is 0 Å². The number of rotatable bonds is 2. The van der Waals surface area contributed by atoms with Crippen LogP contribution < -0.4 is 5.32 Å². The molecule has 2 rings (SSSR count). The lowest BCUT2D eigenvalue weighted by atomic mass is 10.2. The summed E-state index contributed by atoms with van der Waals surface area (Å²) in [4.78, 5) is 0. The number of benzene rings is 1. The normalized spacial score (nSPS) is 15.7. The van der Waals surface area contributed by atoms with Crippen molar-refractivity contribution in [3.05, 3.63) is 29.6 Å². The molecule has 1 fully saturated rings. The van der Waals surface area contributed by atoms with Crippen LogP contribution in [0.2, 0.25) is 0 Å². The Morgan fingerprint density at radius 1 is 1.50 bits per heavy atom. The minimum Gasteiger partial charge on any atom is -0.378 e. The molecule has 72 valence electrons. The summed E-state index contributed by atoms with van der Waals surface area (Å²) in [6.07, 6.45) is 0. The Kier molecular flexibility index (Phi) is 2.33. The molecule has 0 saturated carbocycles. The quantitative estimate of drug-likeness (QED) is 0.772. The lowest BCUT2D eigenvalue weighted by molar-refractivity contribution is 0.0211. The molecule has 1 saturated heterocycles. The predicted octanol–water partition coefficient (Wildman–Crippen LogP) is 1.51. The van der Waals surface area contributed by atoms with Gasteiger partial charge in [0.05, 0.1) is 24.8 Å². The summed E-state index contributed by atoms with van der Waals surface area (Å²) in [5.74, 6) is -0.483. The first kappa shape index (κ1) is 8.97. The fourth-order valence-corrected chi connectivity index (χ4v) is 1.26. The van der Waals surface area contributed by atoms with E-state index in [1.165, 1.54) is 12.1 Å². The zero-order valence-electron chi connectivity index (χ0n) is 7.46. The number of ether oxygens (including phenoxy) is 1. The molecular weight excluding hydrogens is 183 g/mol. The van der Waals surface area contributed by atoms with E-state index in [0.717, 1.165) is 5.69 Å². The third-order valence-electron chi connectivity index (χ3n) is 2.10. The number of hydrogen-bond acceptors (Lipinski definition) is 3. The van der Waals surface area contributed by atoms with E-state index in [9.17, 15) is 4.39 Å². The number of nitrogens with one attached hydrogen (secondary N) is 1. The smallest absolute Gasteiger partial charge is 0.141 e. The van der Waals surface area contributed by atoms with Crippen LogP contribution in [0.15, 0.2) is 18.2 Å². The van der Waals surface area contributed by atoms with Crippen LogP contribution in [-0.2, 0) is 4.74 Å². The standard InChI is InChI=1S/C10H9FN2O/c11-10-2-1-8(3-7(10)4-12)13-9-5-14-6-9/h1-3,9,13H,5-6H2. The van der Waals surface area contributed by atoms with Gasteiger partial charge in [0.25, 0.3) is 0 Å². The van der Waals surface area contributed by atoms with Gasteiger partial charge in [-0.1, -0.05) is 0 Å². The lowest BCUT2D eigenvalue weighted by Crippen LogP contribution is -2.40. The van der Waals surface area contributed by atoms with Crippen molar-refractivity contribution in [2.24, 2.45) is 0 Å². The summed E-state index contributed by atoms with van der Waals surface area (Å²) >= 11 is 0. The van der Waals surface area contributed by atoms with Crippen LogP contribution in [0.25, 0.3) is 0 Å². The van der Waals surface area contributed by atoms with Crippen LogP contribution in [0.5, 0.6) is 0 Å². The largest absolute Gasteiger partial charge is 0.378 e. The number of halogens is 1. The van der Waals surface area contributed by atoms with E-state index in [0.29, 0.717) is 13.2 Å². The van der Waals surface area contributed by atoms with Crippen molar-refractivity contribution in [2.45, 2.75) is 6.04 Å². The van der Waals surface area contributed by atoms with Crippen LogP contribution in [0.4, 0.5) is 10.1 Å². The molecule has 1 N–H and O–H groups in total. The Balaban J connectivity index is 2.14. The first-order valence-corrected chi connectivity index (χ1v) is 4.33. The molecule has 0 aliphatic carbocycles. The van der Waals surface area contributed by atoms with E-state index in [-0.39, 0.29) is 11.6 Å². The second-order valence-electron chi connectivity index (χ2n) is 3.19. The summed E-state index contributed by atoms with van der Waals surface area (Å²) < 4.78 is 17.9. The lowest BCUT2D eigenvalue weighted by Gasteiger charge is -2.27. The van der Waals surface area contributed by atoms with Crippen molar-refractivity contribution >= 4 is 5.69 Å². The third-order valence-corrected chi connectivity index (χ3v) is 2.10. The fraction of sp³-hybridized carbons (Fsp3) is 0.300. The van der Waals surface area contributed by atoms with Gasteiger partial charge in [-0.25, -0.2) is 4.39 Å². The molecule has 0 atom stereocenters. The highest BCUT2D eigenvalue weighted by Gasteiger charge is 2.17. The Morgan fingerprint density at radius 3 is 2.86 bits per heavy atom. The van der Waals surface area contributed by atoms with Crippen LogP contribution in [0, 0.1) is 17.1 Å². The van der Waals surface area contributed by atoms with Crippen molar-refractivity contribution in [2.75, 3.05) is 18.5 Å². The molecule has 14 heavy (non-hydrogen) atoms. The predicted molar refractivity (Wildman–Crippen MR) is 49.3 cm³/mol. The molecular formula is C10H9FN2O. The summed E-state index contributed by atoms with van der Waals surface area (Å²) in [6.45, 7) is 1.33. The van der Waals surface area contributed by atoms with E-state index < -0.39 is 5.82 Å². The number of hydrogen-bond donors (Lipinski definition) is 1. The molecule has 1 aliphatic heterocycles. The molecule has 1 aliphatic rings. The van der Waals surface area contributed by atoms with Gasteiger partial charge >= 0.3 is 0 Å².